The maximum Gasteiger partial charge on any atom is 0.356 e. The SMILES string of the molecule is CCOc1cc(C)c(-c2csc3nc(C(=O)O)cn23)cc1C(C)C. The highest BCUT2D eigenvalue weighted by atomic mass is 32.1. The molecule has 1 N–H and O–H groups in total. The molecule has 0 saturated heterocycles. The minimum Gasteiger partial charge on any atom is -0.494 e. The highest BCUT2D eigenvalue weighted by Crippen LogP contribution is 2.36. The summed E-state index contributed by atoms with van der Waals surface area (Å²) < 4.78 is 7.63. The Morgan fingerprint density at radius 3 is 2.79 bits per heavy atom. The van der Waals surface area contributed by atoms with Crippen molar-refractivity contribution in [3.63, 3.8) is 0 Å². The van der Waals surface area contributed by atoms with Crippen molar-refractivity contribution in [1.29, 1.82) is 0 Å². The van der Waals surface area contributed by atoms with Crippen molar-refractivity contribution >= 4 is 22.3 Å². The molecule has 3 rings (SSSR count). The second-order valence-electron chi connectivity index (χ2n) is 6.00. The zero-order chi connectivity index (χ0) is 17.4. The molecule has 0 aliphatic heterocycles. The molecule has 126 valence electrons. The van der Waals surface area contributed by atoms with Crippen molar-refractivity contribution in [3.8, 4) is 17.0 Å². The zero-order valence-electron chi connectivity index (χ0n) is 14.2. The molecule has 0 amide bonds. The van der Waals surface area contributed by atoms with Gasteiger partial charge in [0.1, 0.15) is 5.75 Å². The number of carboxylic acids is 1. The third kappa shape index (κ3) is 2.78. The first-order valence-electron chi connectivity index (χ1n) is 7.90. The Balaban J connectivity index is 2.18. The fraction of sp³-hybridized carbons (Fsp3) is 0.333. The van der Waals surface area contributed by atoms with Gasteiger partial charge >= 0.3 is 5.97 Å². The van der Waals surface area contributed by atoms with Gasteiger partial charge in [0.05, 0.1) is 12.3 Å². The van der Waals surface area contributed by atoms with Crippen LogP contribution in [0.15, 0.2) is 23.7 Å². The normalized spacial score (nSPS) is 11.4. The van der Waals surface area contributed by atoms with Gasteiger partial charge in [0, 0.05) is 17.1 Å². The molecule has 2 heterocycles. The van der Waals surface area contributed by atoms with E-state index in [1.807, 2.05) is 23.6 Å². The standard InChI is InChI=1S/C18H20N2O3S/c1-5-23-16-6-11(4)13(7-12(16)10(2)3)15-9-24-18-19-14(17(21)22)8-20(15)18/h6-10H,5H2,1-4H3,(H,21,22). The summed E-state index contributed by atoms with van der Waals surface area (Å²) in [4.78, 5) is 16.0. The summed E-state index contributed by atoms with van der Waals surface area (Å²) in [6.45, 7) is 8.93. The van der Waals surface area contributed by atoms with Gasteiger partial charge in [0.2, 0.25) is 0 Å². The lowest BCUT2D eigenvalue weighted by Gasteiger charge is -2.17. The first kappa shape index (κ1) is 16.5. The largest absolute Gasteiger partial charge is 0.494 e. The number of hydrogen-bond donors (Lipinski definition) is 1. The predicted octanol–water partition coefficient (Wildman–Crippen LogP) is 4.59. The van der Waals surface area contributed by atoms with Crippen molar-refractivity contribution in [2.24, 2.45) is 0 Å². The van der Waals surface area contributed by atoms with E-state index in [0.717, 1.165) is 28.1 Å². The lowest BCUT2D eigenvalue weighted by molar-refractivity contribution is 0.0691. The average molecular weight is 344 g/mol. The number of hydrogen-bond acceptors (Lipinski definition) is 4. The van der Waals surface area contributed by atoms with Crippen LogP contribution < -0.4 is 4.74 Å². The number of ether oxygens (including phenoxy) is 1. The molecule has 0 saturated carbocycles. The monoisotopic (exact) mass is 344 g/mol. The molecule has 0 atom stereocenters. The van der Waals surface area contributed by atoms with E-state index in [0.29, 0.717) is 17.5 Å². The van der Waals surface area contributed by atoms with Crippen molar-refractivity contribution < 1.29 is 14.6 Å². The molecule has 0 spiro atoms. The summed E-state index contributed by atoms with van der Waals surface area (Å²) in [5.41, 5.74) is 4.33. The Labute approximate surface area is 144 Å². The molecule has 0 aliphatic rings. The van der Waals surface area contributed by atoms with Gasteiger partial charge in [-0.05, 0) is 43.0 Å². The number of fused-ring (bicyclic) bond motifs is 1. The van der Waals surface area contributed by atoms with Crippen LogP contribution in [0.3, 0.4) is 0 Å². The molecule has 0 bridgehead atoms. The number of aromatic carboxylic acids is 1. The number of benzene rings is 1. The van der Waals surface area contributed by atoms with Crippen LogP contribution in [0.5, 0.6) is 5.75 Å². The van der Waals surface area contributed by atoms with E-state index >= 15 is 0 Å². The van der Waals surface area contributed by atoms with Crippen LogP contribution in [0.2, 0.25) is 0 Å². The van der Waals surface area contributed by atoms with E-state index in [9.17, 15) is 4.79 Å². The van der Waals surface area contributed by atoms with E-state index in [1.165, 1.54) is 11.3 Å². The van der Waals surface area contributed by atoms with E-state index < -0.39 is 5.97 Å². The van der Waals surface area contributed by atoms with Crippen molar-refractivity contribution in [2.45, 2.75) is 33.6 Å². The van der Waals surface area contributed by atoms with Gasteiger partial charge in [-0.1, -0.05) is 13.8 Å². The molecular weight excluding hydrogens is 324 g/mol. The molecular formula is C18H20N2O3S. The number of carboxylic acid groups (broad SMARTS) is 1. The number of thiazole rings is 1. The van der Waals surface area contributed by atoms with Crippen LogP contribution >= 0.6 is 11.3 Å². The first-order chi connectivity index (χ1) is 11.4. The van der Waals surface area contributed by atoms with Crippen LogP contribution in [0.4, 0.5) is 0 Å². The summed E-state index contributed by atoms with van der Waals surface area (Å²) in [6, 6.07) is 4.21. The van der Waals surface area contributed by atoms with E-state index in [-0.39, 0.29) is 5.69 Å². The molecule has 0 aliphatic carbocycles. The van der Waals surface area contributed by atoms with E-state index in [2.05, 4.69) is 31.0 Å². The van der Waals surface area contributed by atoms with Crippen LogP contribution in [-0.2, 0) is 0 Å². The van der Waals surface area contributed by atoms with Crippen LogP contribution in [0.25, 0.3) is 16.2 Å². The van der Waals surface area contributed by atoms with Crippen molar-refractivity contribution in [2.75, 3.05) is 6.61 Å². The highest BCUT2D eigenvalue weighted by Gasteiger charge is 2.18. The third-order valence-electron chi connectivity index (χ3n) is 3.98. The Morgan fingerprint density at radius 1 is 1.42 bits per heavy atom. The van der Waals surface area contributed by atoms with E-state index in [4.69, 9.17) is 9.84 Å². The first-order valence-corrected chi connectivity index (χ1v) is 8.78. The van der Waals surface area contributed by atoms with Crippen LogP contribution in [0, 0.1) is 6.92 Å². The maximum atomic E-state index is 11.2. The highest BCUT2D eigenvalue weighted by molar-refractivity contribution is 7.15. The summed E-state index contributed by atoms with van der Waals surface area (Å²) in [6.07, 6.45) is 1.58. The van der Waals surface area contributed by atoms with Gasteiger partial charge in [-0.15, -0.1) is 11.3 Å². The van der Waals surface area contributed by atoms with Crippen molar-refractivity contribution in [1.82, 2.24) is 9.38 Å². The topological polar surface area (TPSA) is 63.8 Å². The number of carbonyl (C=O) groups is 1. The number of imidazole rings is 1. The summed E-state index contributed by atoms with van der Waals surface area (Å²) in [5.74, 6) is 0.234. The number of aryl methyl sites for hydroxylation is 1. The molecule has 0 unspecified atom stereocenters. The summed E-state index contributed by atoms with van der Waals surface area (Å²) in [7, 11) is 0. The van der Waals surface area contributed by atoms with Gasteiger partial charge in [-0.2, -0.15) is 0 Å². The second-order valence-corrected chi connectivity index (χ2v) is 6.83. The fourth-order valence-electron chi connectivity index (χ4n) is 2.79. The number of aromatic nitrogens is 2. The van der Waals surface area contributed by atoms with E-state index in [1.54, 1.807) is 6.20 Å². The van der Waals surface area contributed by atoms with Gasteiger partial charge in [0.15, 0.2) is 10.7 Å². The Hall–Kier alpha value is -2.34. The lowest BCUT2D eigenvalue weighted by atomic mass is 9.95. The summed E-state index contributed by atoms with van der Waals surface area (Å²) in [5, 5.41) is 11.2. The van der Waals surface area contributed by atoms with Gasteiger partial charge < -0.3 is 9.84 Å². The lowest BCUT2D eigenvalue weighted by Crippen LogP contribution is -2.01. The minimum atomic E-state index is -1.01. The average Bonchev–Trinajstić information content (AvgIpc) is 3.08. The molecule has 24 heavy (non-hydrogen) atoms. The Bertz CT molecular complexity index is 909. The number of nitrogens with zero attached hydrogens (tertiary/aromatic N) is 2. The number of rotatable bonds is 5. The van der Waals surface area contributed by atoms with Gasteiger partial charge in [-0.3, -0.25) is 4.40 Å². The zero-order valence-corrected chi connectivity index (χ0v) is 15.0. The Morgan fingerprint density at radius 2 is 2.17 bits per heavy atom. The third-order valence-corrected chi connectivity index (χ3v) is 4.82. The molecule has 1 aromatic carbocycles. The fourth-order valence-corrected chi connectivity index (χ4v) is 3.66. The van der Waals surface area contributed by atoms with Gasteiger partial charge in [0.25, 0.3) is 0 Å². The van der Waals surface area contributed by atoms with Gasteiger partial charge in [-0.25, -0.2) is 9.78 Å². The summed E-state index contributed by atoms with van der Waals surface area (Å²) >= 11 is 1.44. The molecule has 6 heteroatoms. The second kappa shape index (κ2) is 6.28. The Kier molecular flexibility index (Phi) is 4.32. The van der Waals surface area contributed by atoms with Crippen molar-refractivity contribution in [3.05, 3.63) is 40.5 Å². The quantitative estimate of drug-likeness (QED) is 0.735. The molecule has 5 nitrogen and oxygen atoms in total. The molecule has 0 radical (unpaired) electrons. The molecule has 3 aromatic rings. The smallest absolute Gasteiger partial charge is 0.356 e. The molecule has 2 aromatic heterocycles. The maximum absolute atomic E-state index is 11.2. The van der Waals surface area contributed by atoms with Crippen LogP contribution in [-0.4, -0.2) is 27.1 Å². The van der Waals surface area contributed by atoms with Crippen LogP contribution in [0.1, 0.15) is 48.3 Å². The minimum absolute atomic E-state index is 0.0655. The molecule has 0 fully saturated rings. The predicted molar refractivity (Wildman–Crippen MR) is 95.5 cm³/mol.